The van der Waals surface area contributed by atoms with Crippen LogP contribution >= 0.6 is 0 Å². The highest BCUT2D eigenvalue weighted by Gasteiger charge is 2.18. The molecular weight excluding hydrogens is 240 g/mol. The number of carbonyl (C=O) groups excluding carboxylic acids is 1. The summed E-state index contributed by atoms with van der Waals surface area (Å²) in [5.74, 6) is 0.867. The molecule has 2 rings (SSSR count). The fourth-order valence-corrected chi connectivity index (χ4v) is 2.84. The van der Waals surface area contributed by atoms with Gasteiger partial charge in [0.05, 0.1) is 6.54 Å². The normalized spacial score (nSPS) is 24.1. The molecule has 2 fully saturated rings. The summed E-state index contributed by atoms with van der Waals surface area (Å²) in [7, 11) is 2.17. The van der Waals surface area contributed by atoms with Crippen LogP contribution in [-0.2, 0) is 4.79 Å². The van der Waals surface area contributed by atoms with E-state index < -0.39 is 0 Å². The molecule has 0 unspecified atom stereocenters. The van der Waals surface area contributed by atoms with Crippen molar-refractivity contribution in [3.05, 3.63) is 0 Å². The summed E-state index contributed by atoms with van der Waals surface area (Å²) in [5, 5.41) is 6.48. The molecule has 5 nitrogen and oxygen atoms in total. The van der Waals surface area contributed by atoms with Gasteiger partial charge in [0.25, 0.3) is 0 Å². The van der Waals surface area contributed by atoms with Gasteiger partial charge in [-0.05, 0) is 58.4 Å². The van der Waals surface area contributed by atoms with Gasteiger partial charge in [-0.15, -0.1) is 0 Å². The van der Waals surface area contributed by atoms with Crippen LogP contribution in [-0.4, -0.2) is 75.1 Å². The van der Waals surface area contributed by atoms with Gasteiger partial charge in [0.1, 0.15) is 0 Å². The molecule has 0 aromatic rings. The second-order valence-electron chi connectivity index (χ2n) is 5.93. The molecule has 1 amide bonds. The van der Waals surface area contributed by atoms with Crippen molar-refractivity contribution in [2.24, 2.45) is 5.92 Å². The highest BCUT2D eigenvalue weighted by atomic mass is 16.2. The molecule has 0 saturated carbocycles. The highest BCUT2D eigenvalue weighted by molar-refractivity contribution is 5.78. The summed E-state index contributed by atoms with van der Waals surface area (Å²) in [6, 6.07) is 0. The molecule has 2 aliphatic rings. The second-order valence-corrected chi connectivity index (χ2v) is 5.93. The van der Waals surface area contributed by atoms with Gasteiger partial charge in [-0.3, -0.25) is 9.69 Å². The van der Waals surface area contributed by atoms with Crippen LogP contribution < -0.4 is 10.6 Å². The molecule has 2 aliphatic heterocycles. The summed E-state index contributed by atoms with van der Waals surface area (Å²) in [6.45, 7) is 7.86. The van der Waals surface area contributed by atoms with E-state index in [1.54, 1.807) is 0 Å². The lowest BCUT2D eigenvalue weighted by atomic mass is 9.97. The van der Waals surface area contributed by atoms with E-state index in [1.165, 1.54) is 25.9 Å². The Bertz CT molecular complexity index is 269. The van der Waals surface area contributed by atoms with E-state index in [0.29, 0.717) is 12.5 Å². The first-order chi connectivity index (χ1) is 9.24. The average molecular weight is 268 g/mol. The van der Waals surface area contributed by atoms with Crippen molar-refractivity contribution < 1.29 is 4.79 Å². The Morgan fingerprint density at radius 1 is 1.21 bits per heavy atom. The van der Waals surface area contributed by atoms with Gasteiger partial charge in [-0.1, -0.05) is 0 Å². The third kappa shape index (κ3) is 5.47. The maximum Gasteiger partial charge on any atom is 0.234 e. The molecule has 0 aromatic heterocycles. The summed E-state index contributed by atoms with van der Waals surface area (Å²) >= 11 is 0. The number of hydrogen-bond donors (Lipinski definition) is 2. The van der Waals surface area contributed by atoms with Crippen LogP contribution in [0.25, 0.3) is 0 Å². The monoisotopic (exact) mass is 268 g/mol. The Balaban J connectivity index is 1.61. The Morgan fingerprint density at radius 3 is 2.79 bits per heavy atom. The predicted molar refractivity (Wildman–Crippen MR) is 77.2 cm³/mol. The summed E-state index contributed by atoms with van der Waals surface area (Å²) in [4.78, 5) is 16.6. The van der Waals surface area contributed by atoms with Gasteiger partial charge in [0, 0.05) is 19.6 Å². The summed E-state index contributed by atoms with van der Waals surface area (Å²) in [5.41, 5.74) is 0. The second kappa shape index (κ2) is 7.82. The van der Waals surface area contributed by atoms with Gasteiger partial charge in [-0.25, -0.2) is 0 Å². The Kier molecular flexibility index (Phi) is 6.07. The predicted octanol–water partition coefficient (Wildman–Crippen LogP) is -0.260. The molecule has 2 N–H and O–H groups in total. The van der Waals surface area contributed by atoms with Gasteiger partial charge < -0.3 is 15.5 Å². The molecule has 0 radical (unpaired) electrons. The van der Waals surface area contributed by atoms with Gasteiger partial charge in [-0.2, -0.15) is 0 Å². The number of carbonyl (C=O) groups is 1. The molecule has 110 valence electrons. The highest BCUT2D eigenvalue weighted by Crippen LogP contribution is 2.14. The van der Waals surface area contributed by atoms with Crippen LogP contribution in [0.1, 0.15) is 19.3 Å². The van der Waals surface area contributed by atoms with Crippen LogP contribution in [0.15, 0.2) is 0 Å². The Labute approximate surface area is 116 Å². The number of rotatable bonds is 4. The van der Waals surface area contributed by atoms with Crippen LogP contribution in [0, 0.1) is 5.92 Å². The lowest BCUT2D eigenvalue weighted by molar-refractivity contribution is -0.122. The maximum atomic E-state index is 11.9. The zero-order valence-corrected chi connectivity index (χ0v) is 12.2. The van der Waals surface area contributed by atoms with Gasteiger partial charge >= 0.3 is 0 Å². The van der Waals surface area contributed by atoms with Crippen molar-refractivity contribution in [1.29, 1.82) is 0 Å². The number of nitrogens with zero attached hydrogens (tertiary/aromatic N) is 2. The zero-order valence-electron chi connectivity index (χ0n) is 12.2. The largest absolute Gasteiger partial charge is 0.355 e. The minimum absolute atomic E-state index is 0.195. The van der Waals surface area contributed by atoms with E-state index in [1.807, 2.05) is 0 Å². The molecule has 0 aromatic carbocycles. The minimum atomic E-state index is 0.195. The van der Waals surface area contributed by atoms with Crippen LogP contribution in [0.2, 0.25) is 0 Å². The smallest absolute Gasteiger partial charge is 0.234 e. The van der Waals surface area contributed by atoms with Gasteiger partial charge in [0.15, 0.2) is 0 Å². The summed E-state index contributed by atoms with van der Waals surface area (Å²) < 4.78 is 0. The Morgan fingerprint density at radius 2 is 2.00 bits per heavy atom. The van der Waals surface area contributed by atoms with Crippen molar-refractivity contribution in [3.8, 4) is 0 Å². The first-order valence-electron chi connectivity index (χ1n) is 7.62. The molecule has 2 saturated heterocycles. The average Bonchev–Trinajstić information content (AvgIpc) is 2.67. The van der Waals surface area contributed by atoms with Crippen molar-refractivity contribution in [3.63, 3.8) is 0 Å². The molecule has 2 heterocycles. The third-order valence-electron chi connectivity index (χ3n) is 4.23. The van der Waals surface area contributed by atoms with Crippen LogP contribution in [0.3, 0.4) is 0 Å². The minimum Gasteiger partial charge on any atom is -0.355 e. The van der Waals surface area contributed by atoms with Crippen molar-refractivity contribution in [2.75, 3.05) is 59.4 Å². The maximum absolute atomic E-state index is 11.9. The van der Waals surface area contributed by atoms with Crippen molar-refractivity contribution >= 4 is 5.91 Å². The fourth-order valence-electron chi connectivity index (χ4n) is 2.84. The molecule has 0 atom stereocenters. The quantitative estimate of drug-likeness (QED) is 0.737. The third-order valence-corrected chi connectivity index (χ3v) is 4.23. The standard InChI is InChI=1S/C14H28N4O/c1-17-8-3-13(4-9-17)11-16-14(19)12-18-7-2-5-15-6-10-18/h13,15H,2-12H2,1H3,(H,16,19). The van der Waals surface area contributed by atoms with E-state index in [-0.39, 0.29) is 5.91 Å². The first kappa shape index (κ1) is 14.8. The van der Waals surface area contributed by atoms with Crippen LogP contribution in [0.5, 0.6) is 0 Å². The Hall–Kier alpha value is -0.650. The van der Waals surface area contributed by atoms with E-state index in [2.05, 4.69) is 27.5 Å². The zero-order chi connectivity index (χ0) is 13.5. The number of nitrogens with one attached hydrogen (secondary N) is 2. The lowest BCUT2D eigenvalue weighted by Crippen LogP contribution is -2.42. The van der Waals surface area contributed by atoms with Crippen molar-refractivity contribution in [1.82, 2.24) is 20.4 Å². The molecular formula is C14H28N4O. The topological polar surface area (TPSA) is 47.6 Å². The van der Waals surface area contributed by atoms with E-state index in [0.717, 1.165) is 39.1 Å². The SMILES string of the molecule is CN1CCC(CNC(=O)CN2CCCNCC2)CC1. The fraction of sp³-hybridized carbons (Fsp3) is 0.929. The first-order valence-corrected chi connectivity index (χ1v) is 7.62. The molecule has 0 spiro atoms. The number of hydrogen-bond acceptors (Lipinski definition) is 4. The summed E-state index contributed by atoms with van der Waals surface area (Å²) in [6.07, 6.45) is 3.57. The van der Waals surface area contributed by atoms with Crippen molar-refractivity contribution in [2.45, 2.75) is 19.3 Å². The van der Waals surface area contributed by atoms with Crippen LogP contribution in [0.4, 0.5) is 0 Å². The van der Waals surface area contributed by atoms with Gasteiger partial charge in [0.2, 0.25) is 5.91 Å². The molecule has 0 bridgehead atoms. The molecule has 5 heteroatoms. The lowest BCUT2D eigenvalue weighted by Gasteiger charge is -2.29. The number of amides is 1. The van der Waals surface area contributed by atoms with E-state index in [9.17, 15) is 4.79 Å². The molecule has 0 aliphatic carbocycles. The van der Waals surface area contributed by atoms with E-state index in [4.69, 9.17) is 0 Å². The number of piperidine rings is 1. The molecule has 19 heavy (non-hydrogen) atoms. The number of likely N-dealkylation sites (tertiary alicyclic amines) is 1. The van der Waals surface area contributed by atoms with E-state index >= 15 is 0 Å².